The van der Waals surface area contributed by atoms with Crippen molar-refractivity contribution >= 4 is 21.9 Å². The molecule has 0 aliphatic carbocycles. The molecule has 1 N–H and O–H groups in total. The fourth-order valence-corrected chi connectivity index (χ4v) is 2.56. The van der Waals surface area contributed by atoms with Crippen LogP contribution in [-0.4, -0.2) is 35.3 Å². The topological polar surface area (TPSA) is 54.4 Å². The van der Waals surface area contributed by atoms with Crippen LogP contribution in [0.5, 0.6) is 0 Å². The second-order valence-corrected chi connectivity index (χ2v) is 6.95. The van der Waals surface area contributed by atoms with Gasteiger partial charge in [-0.1, -0.05) is 0 Å². The third-order valence-electron chi connectivity index (χ3n) is 2.58. The molecule has 0 spiro atoms. The largest absolute Gasteiger partial charge is 0.438 e. The Morgan fingerprint density at radius 1 is 0.880 bits per heavy atom. The summed E-state index contributed by atoms with van der Waals surface area (Å²) in [7, 11) is -7.22. The van der Waals surface area contributed by atoms with Crippen molar-refractivity contribution in [3.05, 3.63) is 29.8 Å². The lowest BCUT2D eigenvalue weighted by molar-refractivity contribution is -0.325. The Balaban J connectivity index is 3.38. The van der Waals surface area contributed by atoms with Crippen molar-refractivity contribution < 1.29 is 56.9 Å². The van der Waals surface area contributed by atoms with Crippen LogP contribution in [0.1, 0.15) is 0 Å². The number of hydrogen-bond acceptors (Lipinski definition) is 3. The average Bonchev–Trinajstić information content (AvgIpc) is 2.40. The number of thioether (sulfide) groups is 1. The van der Waals surface area contributed by atoms with E-state index in [1.165, 1.54) is 0 Å². The highest BCUT2D eigenvalue weighted by Gasteiger charge is 2.84. The van der Waals surface area contributed by atoms with Crippen LogP contribution in [0.2, 0.25) is 0 Å². The number of rotatable bonds is 6. The van der Waals surface area contributed by atoms with Gasteiger partial charge in [0.25, 0.3) is 0 Å². The lowest BCUT2D eigenvalue weighted by Crippen LogP contribution is -2.63. The zero-order chi connectivity index (χ0) is 20.1. The molecule has 0 unspecified atom stereocenters. The quantitative estimate of drug-likeness (QED) is 0.416. The Kier molecular flexibility index (Phi) is 5.40. The molecule has 0 saturated heterocycles. The third kappa shape index (κ3) is 3.53. The molecule has 15 heteroatoms. The molecule has 25 heavy (non-hydrogen) atoms. The molecule has 3 nitrogen and oxygen atoms in total. The highest BCUT2D eigenvalue weighted by molar-refractivity contribution is 8.00. The zero-order valence-corrected chi connectivity index (χ0v) is 12.7. The van der Waals surface area contributed by atoms with E-state index in [-0.39, 0.29) is 18.2 Å². The summed E-state index contributed by atoms with van der Waals surface area (Å²) in [4.78, 5) is -1.52. The van der Waals surface area contributed by atoms with Gasteiger partial charge < -0.3 is 0 Å². The lowest BCUT2D eigenvalue weighted by atomic mass is 10.2. The summed E-state index contributed by atoms with van der Waals surface area (Å²) in [5, 5.41) is -13.2. The molecule has 0 aliphatic heterocycles. The molecule has 0 heterocycles. The second kappa shape index (κ2) is 6.19. The molecule has 1 aromatic carbocycles. The smallest absolute Gasteiger partial charge is 0.281 e. The molecule has 0 fully saturated rings. The van der Waals surface area contributed by atoms with Crippen molar-refractivity contribution in [1.82, 2.24) is 0 Å². The monoisotopic (exact) mass is 426 g/mol. The van der Waals surface area contributed by atoms with Crippen LogP contribution in [0.4, 0.5) is 43.9 Å². The summed E-state index contributed by atoms with van der Waals surface area (Å²) < 4.78 is 160. The van der Waals surface area contributed by atoms with Crippen molar-refractivity contribution in [3.63, 3.8) is 0 Å². The van der Waals surface area contributed by atoms with E-state index in [1.807, 2.05) is 0 Å². The van der Waals surface area contributed by atoms with Crippen molar-refractivity contribution in [2.45, 2.75) is 27.2 Å². The predicted molar refractivity (Wildman–Crippen MR) is 63.6 cm³/mol. The first-order valence-corrected chi connectivity index (χ1v) is 7.76. The fraction of sp³-hybridized carbons (Fsp3) is 0.400. The lowest BCUT2D eigenvalue weighted by Gasteiger charge is -2.34. The van der Waals surface area contributed by atoms with Crippen LogP contribution in [0.25, 0.3) is 0 Å². The van der Waals surface area contributed by atoms with E-state index in [9.17, 15) is 52.3 Å². The van der Waals surface area contributed by atoms with Crippen LogP contribution < -0.4 is 0 Å². The van der Waals surface area contributed by atoms with Gasteiger partial charge in [-0.3, -0.25) is 4.55 Å². The summed E-state index contributed by atoms with van der Waals surface area (Å²) in [6, 6.07) is 0.338. The minimum Gasteiger partial charge on any atom is -0.281 e. The van der Waals surface area contributed by atoms with Gasteiger partial charge in [0, 0.05) is 11.0 Å². The Morgan fingerprint density at radius 3 is 1.76 bits per heavy atom. The predicted octanol–water partition coefficient (Wildman–Crippen LogP) is 4.40. The Labute approximate surface area is 136 Å². The standard InChI is InChI=1S/C10H4F10O3S2/c11-4-1-2-6(5(12)3-4)24-9(17,18)7(13,14)8(15,16)10(19,20)25(21,22)23/h1-3H,(H,21,22,23). The average molecular weight is 426 g/mol. The molecule has 0 saturated carbocycles. The minimum atomic E-state index is -7.29. The van der Waals surface area contributed by atoms with Gasteiger partial charge in [0.15, 0.2) is 0 Å². The number of benzene rings is 1. The normalized spacial score (nSPS) is 14.7. The van der Waals surface area contributed by atoms with Gasteiger partial charge >= 0.3 is 32.5 Å². The number of hydrogen-bond donors (Lipinski definition) is 1. The summed E-state index contributed by atoms with van der Waals surface area (Å²) in [6.45, 7) is 0. The van der Waals surface area contributed by atoms with Gasteiger partial charge in [-0.2, -0.15) is 43.5 Å². The highest BCUT2D eigenvalue weighted by atomic mass is 32.2. The molecule has 144 valence electrons. The maximum absolute atomic E-state index is 13.4. The molecule has 0 amide bonds. The van der Waals surface area contributed by atoms with Crippen LogP contribution in [0.3, 0.4) is 0 Å². The van der Waals surface area contributed by atoms with Crippen molar-refractivity contribution in [1.29, 1.82) is 0 Å². The maximum atomic E-state index is 13.4. The van der Waals surface area contributed by atoms with E-state index in [1.54, 1.807) is 0 Å². The van der Waals surface area contributed by atoms with E-state index in [0.717, 1.165) is 0 Å². The van der Waals surface area contributed by atoms with Gasteiger partial charge in [-0.15, -0.1) is 0 Å². The van der Waals surface area contributed by atoms with Crippen LogP contribution in [0, 0.1) is 11.6 Å². The second-order valence-electron chi connectivity index (χ2n) is 4.33. The van der Waals surface area contributed by atoms with Gasteiger partial charge in [-0.05, 0) is 23.9 Å². The van der Waals surface area contributed by atoms with Gasteiger partial charge in [0.05, 0.1) is 0 Å². The Morgan fingerprint density at radius 2 is 1.36 bits per heavy atom. The fourth-order valence-electron chi connectivity index (χ4n) is 1.29. The Bertz CT molecular complexity index is 762. The number of alkyl halides is 8. The Hall–Kier alpha value is -1.22. The molecular formula is C10H4F10O3S2. The first-order chi connectivity index (χ1) is 10.9. The molecule has 1 rings (SSSR count). The summed E-state index contributed by atoms with van der Waals surface area (Å²) >= 11 is -1.67. The maximum Gasteiger partial charge on any atom is 0.438 e. The molecule has 0 aliphatic rings. The molecule has 0 radical (unpaired) electrons. The van der Waals surface area contributed by atoms with Crippen LogP contribution in [0.15, 0.2) is 23.1 Å². The van der Waals surface area contributed by atoms with E-state index < -0.39 is 60.8 Å². The van der Waals surface area contributed by atoms with Crippen molar-refractivity contribution in [2.75, 3.05) is 0 Å². The molecule has 1 aromatic rings. The summed E-state index contributed by atoms with van der Waals surface area (Å²) in [5.74, 6) is -17.6. The SMILES string of the molecule is O=S(=O)(O)C(F)(F)C(F)(F)C(F)(F)C(F)(F)Sc1ccc(F)cc1F. The van der Waals surface area contributed by atoms with E-state index in [4.69, 9.17) is 4.55 Å². The first kappa shape index (κ1) is 21.8. The van der Waals surface area contributed by atoms with Crippen LogP contribution >= 0.6 is 11.8 Å². The summed E-state index contributed by atoms with van der Waals surface area (Å²) in [5.41, 5.74) is 0. The highest BCUT2D eigenvalue weighted by Crippen LogP contribution is 2.58. The van der Waals surface area contributed by atoms with E-state index in [2.05, 4.69) is 0 Å². The third-order valence-corrected chi connectivity index (χ3v) is 4.55. The van der Waals surface area contributed by atoms with Gasteiger partial charge in [-0.25, -0.2) is 8.78 Å². The minimum absolute atomic E-state index is 0.0819. The van der Waals surface area contributed by atoms with Crippen molar-refractivity contribution in [2.24, 2.45) is 0 Å². The summed E-state index contributed by atoms with van der Waals surface area (Å²) in [6.07, 6.45) is 0. The van der Waals surface area contributed by atoms with E-state index in [0.29, 0.717) is 0 Å². The first-order valence-electron chi connectivity index (χ1n) is 5.51. The number of halogens is 10. The molecule has 0 bridgehead atoms. The zero-order valence-electron chi connectivity index (χ0n) is 11.1. The van der Waals surface area contributed by atoms with E-state index >= 15 is 0 Å². The molecule has 0 atom stereocenters. The van der Waals surface area contributed by atoms with Gasteiger partial charge in [0.1, 0.15) is 11.6 Å². The molecular weight excluding hydrogens is 422 g/mol. The van der Waals surface area contributed by atoms with Crippen molar-refractivity contribution in [3.8, 4) is 0 Å². The van der Waals surface area contributed by atoms with Crippen LogP contribution in [-0.2, 0) is 10.1 Å². The van der Waals surface area contributed by atoms with Gasteiger partial charge in [0.2, 0.25) is 0 Å². The molecule has 0 aromatic heterocycles.